The first kappa shape index (κ1) is 63.6. The summed E-state index contributed by atoms with van der Waals surface area (Å²) in [4.78, 5) is 106. The van der Waals surface area contributed by atoms with Gasteiger partial charge in [0.15, 0.2) is 18.4 Å². The van der Waals surface area contributed by atoms with E-state index in [0.29, 0.717) is 13.0 Å². The first-order valence-electron chi connectivity index (χ1n) is 24.6. The maximum absolute atomic E-state index is 13.8. The summed E-state index contributed by atoms with van der Waals surface area (Å²) in [7, 11) is 2.62. The number of rotatable bonds is 37. The van der Waals surface area contributed by atoms with E-state index in [1.807, 2.05) is 41.5 Å². The fourth-order valence-electron chi connectivity index (χ4n) is 6.88. The van der Waals surface area contributed by atoms with Crippen LogP contribution in [0.1, 0.15) is 146 Å². The molecule has 0 aromatic rings. The summed E-state index contributed by atoms with van der Waals surface area (Å²) in [6, 6.07) is -4.70. The molecule has 21 nitrogen and oxygen atoms in total. The summed E-state index contributed by atoms with van der Waals surface area (Å²) in [5.41, 5.74) is 12.1. The Labute approximate surface area is 405 Å². The second-order valence-corrected chi connectivity index (χ2v) is 19.0. The molecule has 0 aromatic heterocycles. The van der Waals surface area contributed by atoms with Crippen LogP contribution in [0.3, 0.4) is 0 Å². The highest BCUT2D eigenvalue weighted by Crippen LogP contribution is 2.13. The average Bonchev–Trinajstić information content (AvgIpc) is 3.27. The van der Waals surface area contributed by atoms with Crippen LogP contribution in [0.5, 0.6) is 0 Å². The number of ether oxygens (including phenoxy) is 2. The maximum Gasteiger partial charge on any atom is 0.258 e. The molecule has 8 atom stereocenters. The molecule has 68 heavy (non-hydrogen) atoms. The van der Waals surface area contributed by atoms with Crippen LogP contribution in [0.15, 0.2) is 0 Å². The molecule has 0 spiro atoms. The number of hydrogen-bond donors (Lipinski definition) is 10. The number of nitrogens with one attached hydrogen (secondary N) is 7. The van der Waals surface area contributed by atoms with Crippen LogP contribution in [0.2, 0.25) is 0 Å². The predicted molar refractivity (Wildman–Crippen MR) is 260 cm³/mol. The third kappa shape index (κ3) is 27.5. The molecule has 0 rings (SSSR count). The zero-order chi connectivity index (χ0) is 51.9. The third-order valence-electron chi connectivity index (χ3n) is 10.9. The van der Waals surface area contributed by atoms with Crippen molar-refractivity contribution >= 4 is 47.3 Å². The minimum Gasteiger partial charge on any atom is -0.381 e. The zero-order valence-corrected chi connectivity index (χ0v) is 43.0. The van der Waals surface area contributed by atoms with E-state index < -0.39 is 96.6 Å². The Morgan fingerprint density at radius 3 is 1.62 bits per heavy atom. The molecule has 394 valence electrons. The molecule has 0 aliphatic heterocycles. The SMILES string of the molecule is CCCCCCCCCCCCCC(=O)N[C@H](COCC(C)C)C(=O)N[C@H](N)C(=O)NCC(=O)N(C)[C@H](C(=O)N[C@@H](N)C(=O)N[C@@H](CC(C)C)C(=O)NC(C)C(O)C(=O)NC)C(C)OCC(C)C. The second-order valence-electron chi connectivity index (χ2n) is 19.0. The fraction of sp³-hybridized carbons (Fsp3) is 0.830. The lowest BCUT2D eigenvalue weighted by Gasteiger charge is -2.33. The van der Waals surface area contributed by atoms with Gasteiger partial charge >= 0.3 is 0 Å². The number of aliphatic hydroxyl groups excluding tert-OH is 1. The van der Waals surface area contributed by atoms with Gasteiger partial charge in [0.1, 0.15) is 18.1 Å². The Bertz CT molecular complexity index is 1540. The van der Waals surface area contributed by atoms with Gasteiger partial charge in [-0.05, 0) is 44.4 Å². The Kier molecular flexibility index (Phi) is 33.3. The molecule has 0 saturated carbocycles. The standard InChI is InChI=1S/C47H90N10O11/c1-12-13-14-15-16-17-18-19-20-21-22-23-36(58)53-35(28-67-26-30(4)5)43(62)55-40(48)46(65)51-25-37(59)57(11)38(33(9)68-27-31(6)7)44(63)56-41(49)47(66)54-34(24-29(2)3)42(61)52-32(8)39(60)45(64)50-10/h29-35,38-41,60H,12-28,48-49H2,1-11H3,(H,50,64)(H,51,65)(H,52,61)(H,53,58)(H,54,66)(H,55,62)(H,56,63)/t32?,33?,34-,35+,38-,39?,40-,41+/m0/s1. The topological polar surface area (TPSA) is 315 Å². The first-order valence-corrected chi connectivity index (χ1v) is 24.6. The predicted octanol–water partition coefficient (Wildman–Crippen LogP) is 0.794. The van der Waals surface area contributed by atoms with Crippen LogP contribution < -0.4 is 48.7 Å². The molecule has 0 bridgehead atoms. The molecule has 12 N–H and O–H groups in total. The van der Waals surface area contributed by atoms with Gasteiger partial charge in [-0.3, -0.25) is 38.4 Å². The van der Waals surface area contributed by atoms with Crippen molar-refractivity contribution in [3.63, 3.8) is 0 Å². The van der Waals surface area contributed by atoms with Crippen molar-refractivity contribution in [1.29, 1.82) is 0 Å². The second kappa shape index (κ2) is 35.6. The molecule has 0 aliphatic carbocycles. The summed E-state index contributed by atoms with van der Waals surface area (Å²) in [6.07, 6.45) is 6.94. The first-order chi connectivity index (χ1) is 32.0. The molecular formula is C47H90N10O11. The lowest BCUT2D eigenvalue weighted by atomic mass is 10.0. The molecule has 8 amide bonds. The quantitative estimate of drug-likeness (QED) is 0.0305. The van der Waals surface area contributed by atoms with Gasteiger partial charge in [-0.25, -0.2) is 0 Å². The third-order valence-corrected chi connectivity index (χ3v) is 10.9. The molecule has 21 heteroatoms. The van der Waals surface area contributed by atoms with E-state index in [-0.39, 0.29) is 49.7 Å². The number of nitrogens with two attached hydrogens (primary N) is 2. The van der Waals surface area contributed by atoms with Gasteiger partial charge in [-0.1, -0.05) is 113 Å². The van der Waals surface area contributed by atoms with Crippen LogP contribution >= 0.6 is 0 Å². The zero-order valence-electron chi connectivity index (χ0n) is 43.0. The van der Waals surface area contributed by atoms with E-state index in [1.165, 1.54) is 66.0 Å². The number of carbonyl (C=O) groups is 8. The molecule has 0 heterocycles. The molecule has 0 aliphatic rings. The Morgan fingerprint density at radius 2 is 1.09 bits per heavy atom. The van der Waals surface area contributed by atoms with Gasteiger partial charge in [-0.2, -0.15) is 0 Å². The highest BCUT2D eigenvalue weighted by molar-refractivity contribution is 5.96. The monoisotopic (exact) mass is 971 g/mol. The van der Waals surface area contributed by atoms with E-state index in [1.54, 1.807) is 6.92 Å². The van der Waals surface area contributed by atoms with Crippen molar-refractivity contribution in [2.75, 3.05) is 40.5 Å². The summed E-state index contributed by atoms with van der Waals surface area (Å²) < 4.78 is 11.5. The highest BCUT2D eigenvalue weighted by atomic mass is 16.5. The molecule has 3 unspecified atom stereocenters. The number of hydrogen-bond acceptors (Lipinski definition) is 13. The smallest absolute Gasteiger partial charge is 0.258 e. The van der Waals surface area contributed by atoms with Crippen molar-refractivity contribution in [1.82, 2.24) is 42.1 Å². The van der Waals surface area contributed by atoms with Crippen molar-refractivity contribution in [2.24, 2.45) is 29.2 Å². The molecular weight excluding hydrogens is 881 g/mol. The lowest BCUT2D eigenvalue weighted by Crippen LogP contribution is -2.63. The minimum absolute atomic E-state index is 0.0412. The Hall–Kier alpha value is -4.44. The number of carbonyl (C=O) groups excluding carboxylic acids is 8. The van der Waals surface area contributed by atoms with Crippen LogP contribution in [-0.4, -0.2) is 146 Å². The highest BCUT2D eigenvalue weighted by Gasteiger charge is 2.36. The fourth-order valence-corrected chi connectivity index (χ4v) is 6.88. The molecule has 0 radical (unpaired) electrons. The molecule has 0 aromatic carbocycles. The van der Waals surface area contributed by atoms with Crippen LogP contribution in [0, 0.1) is 17.8 Å². The van der Waals surface area contributed by atoms with Gasteiger partial charge in [0.05, 0.1) is 25.3 Å². The molecule has 0 saturated heterocycles. The number of amides is 8. The normalized spacial score (nSPS) is 15.0. The van der Waals surface area contributed by atoms with Crippen molar-refractivity contribution in [3.8, 4) is 0 Å². The Morgan fingerprint density at radius 1 is 0.574 bits per heavy atom. The number of likely N-dealkylation sites (N-methyl/N-ethyl adjacent to an activating group) is 2. The average molecular weight is 971 g/mol. The minimum atomic E-state index is -1.71. The Balaban J connectivity index is 5.65. The maximum atomic E-state index is 13.8. The summed E-state index contributed by atoms with van der Waals surface area (Å²) in [5.74, 6) is -5.95. The van der Waals surface area contributed by atoms with E-state index in [2.05, 4.69) is 44.1 Å². The van der Waals surface area contributed by atoms with E-state index in [4.69, 9.17) is 20.9 Å². The molecule has 0 fully saturated rings. The largest absolute Gasteiger partial charge is 0.381 e. The van der Waals surface area contributed by atoms with Crippen LogP contribution in [0.4, 0.5) is 0 Å². The van der Waals surface area contributed by atoms with Gasteiger partial charge in [0.2, 0.25) is 29.5 Å². The van der Waals surface area contributed by atoms with Gasteiger partial charge in [0, 0.05) is 33.7 Å². The van der Waals surface area contributed by atoms with Crippen molar-refractivity contribution in [3.05, 3.63) is 0 Å². The van der Waals surface area contributed by atoms with E-state index in [9.17, 15) is 43.5 Å². The van der Waals surface area contributed by atoms with Crippen molar-refractivity contribution < 1.29 is 52.9 Å². The number of nitrogens with zero attached hydrogens (tertiary/aromatic N) is 1. The summed E-state index contributed by atoms with van der Waals surface area (Å²) in [6.45, 7) is 16.1. The summed E-state index contributed by atoms with van der Waals surface area (Å²) in [5, 5.41) is 27.3. The van der Waals surface area contributed by atoms with E-state index >= 15 is 0 Å². The van der Waals surface area contributed by atoms with E-state index in [0.717, 1.165) is 24.2 Å². The van der Waals surface area contributed by atoms with Gasteiger partial charge in [-0.15, -0.1) is 0 Å². The lowest BCUT2D eigenvalue weighted by molar-refractivity contribution is -0.146. The number of unbranched alkanes of at least 4 members (excludes halogenated alkanes) is 10. The summed E-state index contributed by atoms with van der Waals surface area (Å²) >= 11 is 0. The van der Waals surface area contributed by atoms with Crippen molar-refractivity contribution in [2.45, 2.75) is 194 Å². The van der Waals surface area contributed by atoms with Crippen LogP contribution in [-0.2, 0) is 47.8 Å². The van der Waals surface area contributed by atoms with Gasteiger partial charge < -0.3 is 68.2 Å². The van der Waals surface area contributed by atoms with Gasteiger partial charge in [0.25, 0.3) is 17.7 Å². The van der Waals surface area contributed by atoms with Crippen LogP contribution in [0.25, 0.3) is 0 Å². The number of aliphatic hydroxyl groups is 1.